The largest absolute Gasteiger partial charge is 0.348 e. The van der Waals surface area contributed by atoms with Crippen LogP contribution in [0.1, 0.15) is 62.5 Å². The average Bonchev–Trinajstić information content (AvgIpc) is 2.97. The minimum atomic E-state index is -0.0483. The number of aromatic nitrogens is 2. The highest BCUT2D eigenvalue weighted by Crippen LogP contribution is 2.15. The van der Waals surface area contributed by atoms with Gasteiger partial charge in [0.05, 0.1) is 6.04 Å². The molecule has 1 saturated heterocycles. The van der Waals surface area contributed by atoms with E-state index in [1.807, 2.05) is 16.9 Å². The van der Waals surface area contributed by atoms with Crippen molar-refractivity contribution in [2.24, 2.45) is 0 Å². The zero-order valence-electron chi connectivity index (χ0n) is 13.0. The highest BCUT2D eigenvalue weighted by Gasteiger charge is 2.18. The first-order valence-electron chi connectivity index (χ1n) is 7.81. The summed E-state index contributed by atoms with van der Waals surface area (Å²) in [5.41, 5.74) is 0.533. The van der Waals surface area contributed by atoms with E-state index in [0.29, 0.717) is 11.7 Å². The molecule has 2 rings (SSSR count). The highest BCUT2D eigenvalue weighted by atomic mass is 35.5. The van der Waals surface area contributed by atoms with E-state index >= 15 is 0 Å². The number of nitrogens with zero attached hydrogens (tertiary/aromatic N) is 2. The van der Waals surface area contributed by atoms with E-state index in [1.54, 1.807) is 0 Å². The molecule has 1 aromatic heterocycles. The van der Waals surface area contributed by atoms with Gasteiger partial charge in [0.15, 0.2) is 0 Å². The second-order valence-corrected chi connectivity index (χ2v) is 5.55. The molecular weight excluding hydrogens is 288 g/mol. The maximum absolute atomic E-state index is 12.2. The smallest absolute Gasteiger partial charge is 0.271 e. The van der Waals surface area contributed by atoms with Crippen LogP contribution in [0.15, 0.2) is 12.3 Å². The van der Waals surface area contributed by atoms with E-state index in [2.05, 4.69) is 29.6 Å². The van der Waals surface area contributed by atoms with Gasteiger partial charge in [-0.15, -0.1) is 12.4 Å². The molecule has 2 N–H and O–H groups in total. The third-order valence-corrected chi connectivity index (χ3v) is 3.95. The standard InChI is InChI=1S/C15H26N4O.ClH/c1-3-6-12(4-2)17-15(20)14-8-10-19(18-14)13-7-5-9-16-11-13;/h8,10,12-13,16H,3-7,9,11H2,1-2H3,(H,17,20);1H. The quantitative estimate of drug-likeness (QED) is 0.848. The Kier molecular flexibility index (Phi) is 7.75. The number of carbonyl (C=O) groups is 1. The van der Waals surface area contributed by atoms with Crippen LogP contribution in [0.3, 0.4) is 0 Å². The first kappa shape index (κ1) is 18.0. The lowest BCUT2D eigenvalue weighted by atomic mass is 10.1. The normalized spacial score (nSPS) is 19.6. The SMILES string of the molecule is CCCC(CC)NC(=O)c1ccn(C2CCCNC2)n1.Cl. The molecule has 2 unspecified atom stereocenters. The highest BCUT2D eigenvalue weighted by molar-refractivity contribution is 5.92. The molecule has 0 radical (unpaired) electrons. The molecule has 1 amide bonds. The van der Waals surface area contributed by atoms with Crippen LogP contribution in [0.2, 0.25) is 0 Å². The zero-order valence-corrected chi connectivity index (χ0v) is 13.8. The number of nitrogens with one attached hydrogen (secondary N) is 2. The van der Waals surface area contributed by atoms with Crippen molar-refractivity contribution in [3.63, 3.8) is 0 Å². The Morgan fingerprint density at radius 1 is 1.57 bits per heavy atom. The third-order valence-electron chi connectivity index (χ3n) is 3.95. The summed E-state index contributed by atoms with van der Waals surface area (Å²) in [7, 11) is 0. The predicted molar refractivity (Wildman–Crippen MR) is 87.1 cm³/mol. The number of piperidine rings is 1. The van der Waals surface area contributed by atoms with Crippen molar-refractivity contribution < 1.29 is 4.79 Å². The van der Waals surface area contributed by atoms with E-state index in [1.165, 1.54) is 6.42 Å². The van der Waals surface area contributed by atoms with Crippen molar-refractivity contribution in [3.05, 3.63) is 18.0 Å². The summed E-state index contributed by atoms with van der Waals surface area (Å²) in [4.78, 5) is 12.2. The summed E-state index contributed by atoms with van der Waals surface area (Å²) in [6, 6.07) is 2.46. The molecule has 21 heavy (non-hydrogen) atoms. The zero-order chi connectivity index (χ0) is 14.4. The van der Waals surface area contributed by atoms with Crippen LogP contribution in [0.5, 0.6) is 0 Å². The molecule has 0 aliphatic carbocycles. The average molecular weight is 315 g/mol. The van der Waals surface area contributed by atoms with Crippen LogP contribution in [-0.2, 0) is 0 Å². The molecule has 0 saturated carbocycles. The topological polar surface area (TPSA) is 59.0 Å². The van der Waals surface area contributed by atoms with Crippen molar-refractivity contribution in [2.45, 2.75) is 58.0 Å². The Labute approximate surface area is 133 Å². The van der Waals surface area contributed by atoms with Gasteiger partial charge in [-0.2, -0.15) is 5.10 Å². The Hall–Kier alpha value is -1.07. The summed E-state index contributed by atoms with van der Waals surface area (Å²) in [6.45, 7) is 6.27. The van der Waals surface area contributed by atoms with Gasteiger partial charge in [-0.3, -0.25) is 9.48 Å². The van der Waals surface area contributed by atoms with Crippen molar-refractivity contribution in [3.8, 4) is 0 Å². The maximum atomic E-state index is 12.2. The second kappa shape index (κ2) is 9.05. The number of amides is 1. The Bertz CT molecular complexity index is 429. The van der Waals surface area contributed by atoms with Gasteiger partial charge in [0.1, 0.15) is 5.69 Å². The summed E-state index contributed by atoms with van der Waals surface area (Å²) < 4.78 is 1.93. The fourth-order valence-corrected chi connectivity index (χ4v) is 2.71. The fraction of sp³-hybridized carbons (Fsp3) is 0.733. The van der Waals surface area contributed by atoms with Crippen molar-refractivity contribution >= 4 is 18.3 Å². The Morgan fingerprint density at radius 2 is 2.38 bits per heavy atom. The fourth-order valence-electron chi connectivity index (χ4n) is 2.71. The molecule has 120 valence electrons. The lowest BCUT2D eigenvalue weighted by molar-refractivity contribution is 0.0927. The first-order chi connectivity index (χ1) is 9.74. The molecule has 0 bridgehead atoms. The molecule has 2 atom stereocenters. The van der Waals surface area contributed by atoms with Gasteiger partial charge in [0.2, 0.25) is 0 Å². The Morgan fingerprint density at radius 3 is 3.00 bits per heavy atom. The molecule has 1 aliphatic rings. The van der Waals surface area contributed by atoms with E-state index < -0.39 is 0 Å². The number of hydrogen-bond donors (Lipinski definition) is 2. The van der Waals surface area contributed by atoms with Crippen LogP contribution < -0.4 is 10.6 Å². The molecule has 0 aromatic carbocycles. The molecule has 1 fully saturated rings. The van der Waals surface area contributed by atoms with Gasteiger partial charge in [-0.05, 0) is 38.3 Å². The molecule has 1 aliphatic heterocycles. The summed E-state index contributed by atoms with van der Waals surface area (Å²) in [6.07, 6.45) is 7.29. The minimum absolute atomic E-state index is 0. The molecule has 6 heteroatoms. The van der Waals surface area contributed by atoms with E-state index in [4.69, 9.17) is 0 Å². The number of hydrogen-bond acceptors (Lipinski definition) is 3. The van der Waals surface area contributed by atoms with Gasteiger partial charge < -0.3 is 10.6 Å². The summed E-state index contributed by atoms with van der Waals surface area (Å²) in [5.74, 6) is -0.0483. The summed E-state index contributed by atoms with van der Waals surface area (Å²) >= 11 is 0. The minimum Gasteiger partial charge on any atom is -0.348 e. The number of carbonyl (C=O) groups excluding carboxylic acids is 1. The van der Waals surface area contributed by atoms with Crippen molar-refractivity contribution in [1.82, 2.24) is 20.4 Å². The first-order valence-corrected chi connectivity index (χ1v) is 7.81. The third kappa shape index (κ3) is 5.00. The molecule has 0 spiro atoms. The predicted octanol–water partition coefficient (Wildman–Crippen LogP) is 2.54. The van der Waals surface area contributed by atoms with Crippen LogP contribution in [0.4, 0.5) is 0 Å². The molecule has 1 aromatic rings. The van der Waals surface area contributed by atoms with Crippen molar-refractivity contribution in [1.29, 1.82) is 0 Å². The van der Waals surface area contributed by atoms with Crippen LogP contribution in [0.25, 0.3) is 0 Å². The second-order valence-electron chi connectivity index (χ2n) is 5.55. The van der Waals surface area contributed by atoms with Gasteiger partial charge in [0, 0.05) is 18.8 Å². The molecule has 2 heterocycles. The lowest BCUT2D eigenvalue weighted by Gasteiger charge is -2.23. The van der Waals surface area contributed by atoms with Crippen molar-refractivity contribution in [2.75, 3.05) is 13.1 Å². The van der Waals surface area contributed by atoms with Gasteiger partial charge in [0.25, 0.3) is 5.91 Å². The lowest BCUT2D eigenvalue weighted by Crippen LogP contribution is -2.35. The summed E-state index contributed by atoms with van der Waals surface area (Å²) in [5, 5.41) is 10.9. The number of halogens is 1. The monoisotopic (exact) mass is 314 g/mol. The Balaban J connectivity index is 0.00000220. The van der Waals surface area contributed by atoms with Gasteiger partial charge >= 0.3 is 0 Å². The van der Waals surface area contributed by atoms with Gasteiger partial charge in [-0.1, -0.05) is 20.3 Å². The van der Waals surface area contributed by atoms with Crippen LogP contribution in [0, 0.1) is 0 Å². The molecule has 5 nitrogen and oxygen atoms in total. The number of rotatable bonds is 6. The molecular formula is C15H27ClN4O. The van der Waals surface area contributed by atoms with Crippen LogP contribution in [-0.4, -0.2) is 34.8 Å². The van der Waals surface area contributed by atoms with Gasteiger partial charge in [-0.25, -0.2) is 0 Å². The van der Waals surface area contributed by atoms with Crippen LogP contribution >= 0.6 is 12.4 Å². The van der Waals surface area contributed by atoms with E-state index in [-0.39, 0.29) is 24.4 Å². The van der Waals surface area contributed by atoms with E-state index in [0.717, 1.165) is 38.8 Å². The maximum Gasteiger partial charge on any atom is 0.271 e. The van der Waals surface area contributed by atoms with E-state index in [9.17, 15) is 4.79 Å².